The molecule has 0 amide bonds. The predicted molar refractivity (Wildman–Crippen MR) is 126 cm³/mol. The van der Waals surface area contributed by atoms with Crippen LogP contribution in [0.4, 0.5) is 10.2 Å². The van der Waals surface area contributed by atoms with Crippen LogP contribution in [0.25, 0.3) is 22.5 Å². The zero-order valence-corrected chi connectivity index (χ0v) is 19.6. The largest absolute Gasteiger partial charge is 0.460 e. The number of carbonyl (C=O) groups excluding carboxylic acids is 1. The average Bonchev–Trinajstić information content (AvgIpc) is 3.21. The molecule has 1 atom stereocenters. The topological polar surface area (TPSA) is 68.2 Å². The summed E-state index contributed by atoms with van der Waals surface area (Å²) in [4.78, 5) is 28.0. The first kappa shape index (κ1) is 23.1. The number of benzene rings is 1. The van der Waals surface area contributed by atoms with E-state index in [0.29, 0.717) is 40.8 Å². The van der Waals surface area contributed by atoms with E-state index in [0.717, 1.165) is 18.5 Å². The molecule has 0 unspecified atom stereocenters. The van der Waals surface area contributed by atoms with Gasteiger partial charge in [0.1, 0.15) is 22.9 Å². The van der Waals surface area contributed by atoms with Crippen molar-refractivity contribution in [2.45, 2.75) is 39.2 Å². The second-order valence-corrected chi connectivity index (χ2v) is 9.59. The molecule has 1 aromatic carbocycles. The molecular weight excluding hydrogens is 443 g/mol. The first-order valence-electron chi connectivity index (χ1n) is 10.9. The molecule has 6 nitrogen and oxygen atoms in total. The van der Waals surface area contributed by atoms with Gasteiger partial charge in [0, 0.05) is 36.6 Å². The zero-order valence-electron chi connectivity index (χ0n) is 18.9. The van der Waals surface area contributed by atoms with Crippen molar-refractivity contribution in [2.75, 3.05) is 18.0 Å². The Morgan fingerprint density at radius 1 is 1.18 bits per heavy atom. The number of aromatic nitrogens is 3. The molecule has 1 aliphatic heterocycles. The van der Waals surface area contributed by atoms with Gasteiger partial charge in [-0.05, 0) is 63.4 Å². The molecule has 0 aliphatic carbocycles. The number of halogens is 2. The minimum Gasteiger partial charge on any atom is -0.460 e. The van der Waals surface area contributed by atoms with E-state index >= 15 is 0 Å². The molecule has 2 aromatic heterocycles. The number of anilines is 1. The van der Waals surface area contributed by atoms with Crippen LogP contribution in [0.5, 0.6) is 0 Å². The summed E-state index contributed by atoms with van der Waals surface area (Å²) in [6, 6.07) is 7.92. The summed E-state index contributed by atoms with van der Waals surface area (Å²) in [6.07, 6.45) is 6.17. The van der Waals surface area contributed by atoms with E-state index in [2.05, 4.69) is 14.9 Å². The number of pyridine rings is 1. The molecule has 3 heterocycles. The van der Waals surface area contributed by atoms with Gasteiger partial charge in [0.25, 0.3) is 0 Å². The van der Waals surface area contributed by atoms with Gasteiger partial charge >= 0.3 is 5.97 Å². The molecule has 1 saturated heterocycles. The van der Waals surface area contributed by atoms with Gasteiger partial charge in [-0.2, -0.15) is 0 Å². The Balaban J connectivity index is 1.62. The number of carbonyl (C=O) groups is 1. The van der Waals surface area contributed by atoms with Crippen molar-refractivity contribution in [3.8, 4) is 22.5 Å². The van der Waals surface area contributed by atoms with E-state index in [4.69, 9.17) is 21.3 Å². The molecule has 33 heavy (non-hydrogen) atoms. The van der Waals surface area contributed by atoms with Crippen molar-refractivity contribution in [2.24, 2.45) is 5.92 Å². The van der Waals surface area contributed by atoms with Gasteiger partial charge in [0.05, 0.1) is 23.3 Å². The van der Waals surface area contributed by atoms with Crippen LogP contribution in [0.1, 0.15) is 33.6 Å². The fourth-order valence-corrected chi connectivity index (χ4v) is 4.14. The second kappa shape index (κ2) is 9.43. The first-order chi connectivity index (χ1) is 15.7. The van der Waals surface area contributed by atoms with Gasteiger partial charge in [0.2, 0.25) is 0 Å². The summed E-state index contributed by atoms with van der Waals surface area (Å²) in [5.74, 6) is 0.387. The van der Waals surface area contributed by atoms with E-state index < -0.39 is 5.60 Å². The molecule has 0 spiro atoms. The Hall–Kier alpha value is -3.06. The highest BCUT2D eigenvalue weighted by atomic mass is 35.5. The number of hydrogen-bond donors (Lipinski definition) is 0. The summed E-state index contributed by atoms with van der Waals surface area (Å²) in [7, 11) is 0. The molecular formula is C25H26ClFN4O2. The van der Waals surface area contributed by atoms with E-state index in [-0.39, 0.29) is 17.7 Å². The normalized spacial score (nSPS) is 16.2. The second-order valence-electron chi connectivity index (χ2n) is 9.18. The van der Waals surface area contributed by atoms with Gasteiger partial charge in [-0.3, -0.25) is 14.8 Å². The lowest BCUT2D eigenvalue weighted by Gasteiger charge is -2.21. The monoisotopic (exact) mass is 468 g/mol. The van der Waals surface area contributed by atoms with Crippen molar-refractivity contribution in [1.29, 1.82) is 0 Å². The standard InChI is InChI=1S/C25H26ClFN4O2/c1-25(2,3)33-22(32)12-16-9-11-31(15-16)21-14-29-23(17-4-6-18(27)7-5-17)24(30-21)19-8-10-28-13-20(19)26/h4-8,10,13-14,16H,9,11-12,15H2,1-3H3/t16-/m0/s1. The van der Waals surface area contributed by atoms with Crippen LogP contribution in [0, 0.1) is 11.7 Å². The maximum Gasteiger partial charge on any atom is 0.306 e. The Morgan fingerprint density at radius 2 is 1.94 bits per heavy atom. The Kier molecular flexibility index (Phi) is 6.61. The van der Waals surface area contributed by atoms with E-state index in [1.165, 1.54) is 12.1 Å². The highest BCUT2D eigenvalue weighted by Gasteiger charge is 2.28. The highest BCUT2D eigenvalue weighted by Crippen LogP contribution is 2.35. The van der Waals surface area contributed by atoms with Gasteiger partial charge in [0.15, 0.2) is 0 Å². The average molecular weight is 469 g/mol. The van der Waals surface area contributed by atoms with Crippen molar-refractivity contribution >= 4 is 23.4 Å². The summed E-state index contributed by atoms with van der Waals surface area (Å²) in [5, 5.41) is 0.455. The number of ether oxygens (including phenoxy) is 1. The fourth-order valence-electron chi connectivity index (χ4n) is 3.93. The highest BCUT2D eigenvalue weighted by molar-refractivity contribution is 6.33. The lowest BCUT2D eigenvalue weighted by atomic mass is 10.0. The number of hydrogen-bond acceptors (Lipinski definition) is 6. The molecule has 0 saturated carbocycles. The minimum atomic E-state index is -0.490. The number of nitrogens with zero attached hydrogens (tertiary/aromatic N) is 4. The predicted octanol–water partition coefficient (Wildman–Crippen LogP) is 5.56. The van der Waals surface area contributed by atoms with Crippen molar-refractivity contribution < 1.29 is 13.9 Å². The van der Waals surface area contributed by atoms with Crippen molar-refractivity contribution in [1.82, 2.24) is 15.0 Å². The number of esters is 1. The zero-order chi connectivity index (χ0) is 23.6. The summed E-state index contributed by atoms with van der Waals surface area (Å²) in [6.45, 7) is 7.07. The lowest BCUT2D eigenvalue weighted by Crippen LogP contribution is -2.26. The van der Waals surface area contributed by atoms with E-state index in [1.807, 2.05) is 20.8 Å². The van der Waals surface area contributed by atoms with Gasteiger partial charge in [-0.25, -0.2) is 9.37 Å². The molecule has 0 N–H and O–H groups in total. The molecule has 172 valence electrons. The molecule has 0 bridgehead atoms. The van der Waals surface area contributed by atoms with Crippen molar-refractivity contribution in [3.63, 3.8) is 0 Å². The number of rotatable bonds is 5. The maximum atomic E-state index is 13.5. The Morgan fingerprint density at radius 3 is 2.64 bits per heavy atom. The third-order valence-corrected chi connectivity index (χ3v) is 5.69. The molecule has 3 aromatic rings. The smallest absolute Gasteiger partial charge is 0.306 e. The lowest BCUT2D eigenvalue weighted by molar-refractivity contribution is -0.155. The van der Waals surface area contributed by atoms with Crippen LogP contribution in [0.15, 0.2) is 48.9 Å². The van der Waals surface area contributed by atoms with Gasteiger partial charge in [-0.15, -0.1) is 0 Å². The van der Waals surface area contributed by atoms with Crippen LogP contribution < -0.4 is 4.90 Å². The fraction of sp³-hybridized carbons (Fsp3) is 0.360. The quantitative estimate of drug-likeness (QED) is 0.457. The van der Waals surface area contributed by atoms with Gasteiger partial charge in [-0.1, -0.05) is 11.6 Å². The first-order valence-corrected chi connectivity index (χ1v) is 11.3. The summed E-state index contributed by atoms with van der Waals surface area (Å²) in [5.41, 5.74) is 2.15. The summed E-state index contributed by atoms with van der Waals surface area (Å²) < 4.78 is 18.9. The molecule has 4 rings (SSSR count). The molecule has 1 aliphatic rings. The summed E-state index contributed by atoms with van der Waals surface area (Å²) >= 11 is 6.43. The van der Waals surface area contributed by atoms with Crippen molar-refractivity contribution in [3.05, 3.63) is 59.8 Å². The van der Waals surface area contributed by atoms with E-state index in [9.17, 15) is 9.18 Å². The SMILES string of the molecule is CC(C)(C)OC(=O)C[C@@H]1CCN(c2cnc(-c3ccc(F)cc3)c(-c3ccncc3Cl)n2)C1. The molecule has 1 fully saturated rings. The van der Waals surface area contributed by atoms with E-state index in [1.54, 1.807) is 36.8 Å². The Labute approximate surface area is 197 Å². The Bertz CT molecular complexity index is 1150. The molecule has 8 heteroatoms. The van der Waals surface area contributed by atoms with Crippen LogP contribution in [0.2, 0.25) is 5.02 Å². The maximum absolute atomic E-state index is 13.5. The third-order valence-electron chi connectivity index (χ3n) is 5.39. The van der Waals surface area contributed by atoms with Gasteiger partial charge < -0.3 is 9.64 Å². The van der Waals surface area contributed by atoms with Crippen LogP contribution in [-0.2, 0) is 9.53 Å². The minimum absolute atomic E-state index is 0.184. The third kappa shape index (κ3) is 5.66. The van der Waals surface area contributed by atoms with Crippen LogP contribution >= 0.6 is 11.6 Å². The van der Waals surface area contributed by atoms with Crippen LogP contribution in [-0.4, -0.2) is 39.6 Å². The van der Waals surface area contributed by atoms with Crippen LogP contribution in [0.3, 0.4) is 0 Å². The molecule has 0 radical (unpaired) electrons.